The van der Waals surface area contributed by atoms with Crippen LogP contribution in [0.3, 0.4) is 0 Å². The molecule has 3 aromatic carbocycles. The number of hydrazine groups is 1. The third kappa shape index (κ3) is 5.45. The highest BCUT2D eigenvalue weighted by Crippen LogP contribution is 2.26. The Morgan fingerprint density at radius 1 is 0.829 bits per heavy atom. The number of aromatic nitrogens is 3. The lowest BCUT2D eigenvalue weighted by molar-refractivity contribution is 0.234. The first-order valence-electron chi connectivity index (χ1n) is 12.1. The van der Waals surface area contributed by atoms with Gasteiger partial charge in [-0.1, -0.05) is 78.3 Å². The largest absolute Gasteiger partial charge is 0.369 e. The summed E-state index contributed by atoms with van der Waals surface area (Å²) >= 11 is 6.22. The molecule has 4 aromatic rings. The van der Waals surface area contributed by atoms with Gasteiger partial charge < -0.3 is 4.90 Å². The third-order valence-electron chi connectivity index (χ3n) is 6.30. The van der Waals surface area contributed by atoms with Crippen LogP contribution in [0.2, 0.25) is 5.02 Å². The maximum Gasteiger partial charge on any atom is 0.187 e. The van der Waals surface area contributed by atoms with Gasteiger partial charge in [0.05, 0.1) is 5.69 Å². The van der Waals surface area contributed by atoms with Gasteiger partial charge in [0.2, 0.25) is 0 Å². The number of hydrogen-bond donors (Lipinski definition) is 0. The first-order valence-corrected chi connectivity index (χ1v) is 12.4. The van der Waals surface area contributed by atoms with Gasteiger partial charge >= 0.3 is 0 Å². The Bertz CT molecular complexity index is 1240. The monoisotopic (exact) mass is 484 g/mol. The van der Waals surface area contributed by atoms with Crippen molar-refractivity contribution in [3.63, 3.8) is 0 Å². The molecule has 0 atom stereocenters. The molecule has 1 fully saturated rings. The molecular formula is C28H29ClN6. The maximum absolute atomic E-state index is 6.22. The number of anilines is 2. The summed E-state index contributed by atoms with van der Waals surface area (Å²) in [6.45, 7) is 6.53. The molecule has 5 rings (SSSR count). The van der Waals surface area contributed by atoms with Gasteiger partial charge in [-0.3, -0.25) is 5.01 Å². The lowest BCUT2D eigenvalue weighted by atomic mass is 10.1. The van der Waals surface area contributed by atoms with Crippen LogP contribution >= 0.6 is 11.6 Å². The number of piperazine rings is 1. The standard InChI is InChI=1S/C28H29ClN6/c1-2-35(34-18-16-33(17-19-34)25-15-9-14-24(29)21-25)28-26(20-22-10-5-3-6-11-22)30-27(31-32-28)23-12-7-4-8-13-23/h3-15,21H,2,16-20H2,1H3. The highest BCUT2D eigenvalue weighted by Gasteiger charge is 2.26. The molecule has 6 nitrogen and oxygen atoms in total. The fourth-order valence-electron chi connectivity index (χ4n) is 4.52. The summed E-state index contributed by atoms with van der Waals surface area (Å²) in [5.74, 6) is 1.48. The number of rotatable bonds is 7. The summed E-state index contributed by atoms with van der Waals surface area (Å²) in [5, 5.41) is 14.6. The SMILES string of the molecule is CCN(c1nnc(-c2ccccc2)nc1Cc1ccccc1)N1CCN(c2cccc(Cl)c2)CC1. The molecule has 0 bridgehead atoms. The zero-order valence-corrected chi connectivity index (χ0v) is 20.6. The molecule has 0 radical (unpaired) electrons. The van der Waals surface area contributed by atoms with Crippen LogP contribution in [0.1, 0.15) is 18.2 Å². The average Bonchev–Trinajstić information content (AvgIpc) is 2.91. The van der Waals surface area contributed by atoms with Crippen LogP contribution in [0.15, 0.2) is 84.9 Å². The molecule has 7 heteroatoms. The van der Waals surface area contributed by atoms with Crippen molar-refractivity contribution in [2.24, 2.45) is 0 Å². The first kappa shape index (κ1) is 23.3. The van der Waals surface area contributed by atoms with Gasteiger partial charge in [0.1, 0.15) is 0 Å². The normalized spacial score (nSPS) is 14.2. The molecule has 0 unspecified atom stereocenters. The second kappa shape index (κ2) is 10.8. The van der Waals surface area contributed by atoms with Crippen LogP contribution in [0, 0.1) is 0 Å². The van der Waals surface area contributed by atoms with Crippen LogP contribution in [-0.4, -0.2) is 52.9 Å². The van der Waals surface area contributed by atoms with E-state index in [1.807, 2.05) is 54.6 Å². The lowest BCUT2D eigenvalue weighted by Gasteiger charge is -2.42. The van der Waals surface area contributed by atoms with Crippen molar-refractivity contribution in [2.75, 3.05) is 42.6 Å². The Morgan fingerprint density at radius 2 is 1.54 bits per heavy atom. The van der Waals surface area contributed by atoms with Crippen molar-refractivity contribution in [3.8, 4) is 11.4 Å². The average molecular weight is 485 g/mol. The Kier molecular flexibility index (Phi) is 7.21. The minimum atomic E-state index is 0.655. The number of benzene rings is 3. The maximum atomic E-state index is 6.22. The first-order chi connectivity index (χ1) is 17.2. The second-order valence-electron chi connectivity index (χ2n) is 8.57. The fourth-order valence-corrected chi connectivity index (χ4v) is 4.71. The van der Waals surface area contributed by atoms with Gasteiger partial charge in [0.15, 0.2) is 11.6 Å². The van der Waals surface area contributed by atoms with E-state index in [9.17, 15) is 0 Å². The summed E-state index contributed by atoms with van der Waals surface area (Å²) < 4.78 is 0. The van der Waals surface area contributed by atoms with E-state index in [0.717, 1.165) is 54.8 Å². The Labute approximate surface area is 211 Å². The minimum Gasteiger partial charge on any atom is -0.369 e. The van der Waals surface area contributed by atoms with Gasteiger partial charge in [0.25, 0.3) is 0 Å². The molecule has 0 saturated carbocycles. The molecule has 0 aliphatic carbocycles. The van der Waals surface area contributed by atoms with Gasteiger partial charge in [-0.25, -0.2) is 9.99 Å². The van der Waals surface area contributed by atoms with Crippen LogP contribution in [0.4, 0.5) is 11.5 Å². The molecule has 2 heterocycles. The summed E-state index contributed by atoms with van der Waals surface area (Å²) in [4.78, 5) is 7.39. The van der Waals surface area contributed by atoms with Crippen molar-refractivity contribution < 1.29 is 0 Å². The highest BCUT2D eigenvalue weighted by atomic mass is 35.5. The van der Waals surface area contributed by atoms with E-state index in [2.05, 4.69) is 57.3 Å². The van der Waals surface area contributed by atoms with Gasteiger partial charge in [-0.05, 0) is 30.7 Å². The molecule has 1 saturated heterocycles. The molecule has 0 spiro atoms. The smallest absolute Gasteiger partial charge is 0.187 e. The van der Waals surface area contributed by atoms with Crippen LogP contribution in [-0.2, 0) is 6.42 Å². The summed E-state index contributed by atoms with van der Waals surface area (Å²) in [6.07, 6.45) is 0.699. The van der Waals surface area contributed by atoms with E-state index in [-0.39, 0.29) is 0 Å². The Morgan fingerprint density at radius 3 is 2.23 bits per heavy atom. The van der Waals surface area contributed by atoms with Crippen molar-refractivity contribution in [2.45, 2.75) is 13.3 Å². The quantitative estimate of drug-likeness (QED) is 0.352. The molecule has 1 aliphatic rings. The summed E-state index contributed by atoms with van der Waals surface area (Å²) in [7, 11) is 0. The van der Waals surface area contributed by atoms with E-state index < -0.39 is 0 Å². The van der Waals surface area contributed by atoms with E-state index in [4.69, 9.17) is 21.7 Å². The van der Waals surface area contributed by atoms with Gasteiger partial charge in [-0.15, -0.1) is 10.2 Å². The Hall–Kier alpha value is -3.48. The van der Waals surface area contributed by atoms with Crippen LogP contribution in [0.5, 0.6) is 0 Å². The molecule has 0 N–H and O–H groups in total. The predicted octanol–water partition coefficient (Wildman–Crippen LogP) is 5.35. The summed E-state index contributed by atoms with van der Waals surface area (Å²) in [6, 6.07) is 28.6. The van der Waals surface area contributed by atoms with Crippen LogP contribution in [0.25, 0.3) is 11.4 Å². The second-order valence-corrected chi connectivity index (χ2v) is 9.01. The van der Waals surface area contributed by atoms with E-state index >= 15 is 0 Å². The highest BCUT2D eigenvalue weighted by molar-refractivity contribution is 6.30. The molecule has 35 heavy (non-hydrogen) atoms. The molecule has 1 aliphatic heterocycles. The van der Waals surface area contributed by atoms with E-state index in [1.165, 1.54) is 11.3 Å². The molecule has 178 valence electrons. The lowest BCUT2D eigenvalue weighted by Crippen LogP contribution is -2.54. The van der Waals surface area contributed by atoms with Crippen LogP contribution < -0.4 is 9.91 Å². The van der Waals surface area contributed by atoms with Gasteiger partial charge in [0, 0.05) is 55.4 Å². The molecule has 0 amide bonds. The predicted molar refractivity (Wildman–Crippen MR) is 143 cm³/mol. The van der Waals surface area contributed by atoms with E-state index in [1.54, 1.807) is 0 Å². The fraction of sp³-hybridized carbons (Fsp3) is 0.250. The summed E-state index contributed by atoms with van der Waals surface area (Å²) in [5.41, 5.74) is 4.27. The zero-order chi connectivity index (χ0) is 24.0. The minimum absolute atomic E-state index is 0.655. The van der Waals surface area contributed by atoms with Crippen molar-refractivity contribution in [1.29, 1.82) is 0 Å². The Balaban J connectivity index is 1.41. The number of halogens is 1. The topological polar surface area (TPSA) is 48.4 Å². The number of nitrogens with zero attached hydrogens (tertiary/aromatic N) is 6. The zero-order valence-electron chi connectivity index (χ0n) is 19.9. The van der Waals surface area contributed by atoms with Crippen molar-refractivity contribution in [3.05, 3.63) is 101 Å². The van der Waals surface area contributed by atoms with Crippen molar-refractivity contribution in [1.82, 2.24) is 20.2 Å². The molecule has 1 aromatic heterocycles. The third-order valence-corrected chi connectivity index (χ3v) is 6.53. The molecular weight excluding hydrogens is 456 g/mol. The number of hydrogen-bond acceptors (Lipinski definition) is 6. The van der Waals surface area contributed by atoms with Gasteiger partial charge in [-0.2, -0.15) is 0 Å². The van der Waals surface area contributed by atoms with Crippen molar-refractivity contribution >= 4 is 23.1 Å². The van der Waals surface area contributed by atoms with E-state index in [0.29, 0.717) is 12.2 Å².